The summed E-state index contributed by atoms with van der Waals surface area (Å²) in [6.45, 7) is 1.38. The van der Waals surface area contributed by atoms with Crippen molar-refractivity contribution in [1.29, 1.82) is 5.26 Å². The predicted octanol–water partition coefficient (Wildman–Crippen LogP) is 2.30. The van der Waals surface area contributed by atoms with E-state index in [1.807, 2.05) is 0 Å². The van der Waals surface area contributed by atoms with E-state index in [2.05, 4.69) is 4.98 Å². The Morgan fingerprint density at radius 3 is 2.75 bits per heavy atom. The van der Waals surface area contributed by atoms with Crippen LogP contribution in [0.5, 0.6) is 0 Å². The third kappa shape index (κ3) is 2.28. The molecule has 0 aliphatic carbocycles. The molecule has 0 saturated carbocycles. The first-order valence-corrected chi connectivity index (χ1v) is 4.27. The Hall–Kier alpha value is -2.10. The van der Waals surface area contributed by atoms with Gasteiger partial charge in [0.05, 0.1) is 18.1 Å². The zero-order valence-corrected chi connectivity index (χ0v) is 8.28. The molecule has 5 nitrogen and oxygen atoms in total. The normalized spacial score (nSPS) is 10.2. The van der Waals surface area contributed by atoms with Gasteiger partial charge in [-0.2, -0.15) is 5.26 Å². The largest absolute Gasteiger partial charge is 0.367 e. The van der Waals surface area contributed by atoms with Gasteiger partial charge in [0, 0.05) is 0 Å². The Morgan fingerprint density at radius 2 is 2.31 bits per heavy atom. The van der Waals surface area contributed by atoms with Gasteiger partial charge in [-0.1, -0.05) is 0 Å². The number of hydrogen-bond donors (Lipinski definition) is 0. The Bertz CT molecular complexity index is 469. The zero-order valence-electron chi connectivity index (χ0n) is 8.28. The van der Waals surface area contributed by atoms with E-state index in [0.29, 0.717) is 0 Å². The Kier molecular flexibility index (Phi) is 3.45. The van der Waals surface area contributed by atoms with Crippen LogP contribution in [0, 0.1) is 28.4 Å². The highest BCUT2D eigenvalue weighted by molar-refractivity contribution is 5.41. The highest BCUT2D eigenvalue weighted by atomic mass is 19.3. The molecule has 0 unspecified atom stereocenters. The van der Waals surface area contributed by atoms with Crippen LogP contribution in [0.1, 0.15) is 23.2 Å². The molecule has 1 rings (SSSR count). The lowest BCUT2D eigenvalue weighted by Crippen LogP contribution is -2.03. The van der Waals surface area contributed by atoms with Crippen molar-refractivity contribution in [3.8, 4) is 6.07 Å². The Labute approximate surface area is 89.5 Å². The number of alkyl halides is 2. The van der Waals surface area contributed by atoms with E-state index in [-0.39, 0.29) is 17.5 Å². The van der Waals surface area contributed by atoms with Gasteiger partial charge in [0.25, 0.3) is 0 Å². The summed E-state index contributed by atoms with van der Waals surface area (Å²) < 4.78 is 24.8. The van der Waals surface area contributed by atoms with Gasteiger partial charge in [-0.3, -0.25) is 0 Å². The first-order chi connectivity index (χ1) is 7.47. The lowest BCUT2D eigenvalue weighted by Gasteiger charge is -2.04. The summed E-state index contributed by atoms with van der Waals surface area (Å²) in [5.41, 5.74) is -0.321. The van der Waals surface area contributed by atoms with Gasteiger partial charge in [-0.15, -0.1) is 0 Å². The second kappa shape index (κ2) is 4.61. The summed E-state index contributed by atoms with van der Waals surface area (Å²) in [7, 11) is 0. The molecule has 0 saturated heterocycles. The third-order valence-electron chi connectivity index (χ3n) is 2.04. The standard InChI is InChI=1S/C9H7F2N3O2/c1-5-6(2-3-12)4-7(8(10)11)13-9(5)14(15)16/h4,8H,2H2,1H3. The molecule has 0 aliphatic heterocycles. The molecule has 0 radical (unpaired) electrons. The van der Waals surface area contributed by atoms with Gasteiger partial charge < -0.3 is 10.1 Å². The van der Waals surface area contributed by atoms with Gasteiger partial charge >= 0.3 is 12.2 Å². The first-order valence-electron chi connectivity index (χ1n) is 4.27. The van der Waals surface area contributed by atoms with Gasteiger partial charge in [0.1, 0.15) is 0 Å². The molecule has 1 aromatic heterocycles. The molecule has 0 amide bonds. The van der Waals surface area contributed by atoms with E-state index in [9.17, 15) is 18.9 Å². The summed E-state index contributed by atoms with van der Waals surface area (Å²) in [6, 6.07) is 2.79. The van der Waals surface area contributed by atoms with Crippen molar-refractivity contribution in [2.24, 2.45) is 0 Å². The van der Waals surface area contributed by atoms with Gasteiger partial charge in [0.15, 0.2) is 0 Å². The first kappa shape index (κ1) is 12.0. The maximum Gasteiger partial charge on any atom is 0.367 e. The summed E-state index contributed by atoms with van der Waals surface area (Å²) >= 11 is 0. The highest BCUT2D eigenvalue weighted by Crippen LogP contribution is 2.25. The lowest BCUT2D eigenvalue weighted by atomic mass is 10.1. The molecule has 84 valence electrons. The van der Waals surface area contributed by atoms with Crippen LogP contribution in [-0.2, 0) is 6.42 Å². The molecule has 0 bridgehead atoms. The van der Waals surface area contributed by atoms with Crippen LogP contribution in [0.25, 0.3) is 0 Å². The second-order valence-corrected chi connectivity index (χ2v) is 3.05. The average molecular weight is 227 g/mol. The van der Waals surface area contributed by atoms with Crippen molar-refractivity contribution < 1.29 is 13.7 Å². The lowest BCUT2D eigenvalue weighted by molar-refractivity contribution is -0.390. The Balaban J connectivity index is 3.40. The van der Waals surface area contributed by atoms with Crippen LogP contribution in [0.4, 0.5) is 14.6 Å². The van der Waals surface area contributed by atoms with Crippen LogP contribution in [-0.4, -0.2) is 9.91 Å². The van der Waals surface area contributed by atoms with Crippen molar-refractivity contribution in [1.82, 2.24) is 4.98 Å². The molecular formula is C9H7F2N3O2. The average Bonchev–Trinajstić information content (AvgIpc) is 2.20. The van der Waals surface area contributed by atoms with Gasteiger partial charge in [-0.05, 0) is 28.5 Å². The number of hydrogen-bond acceptors (Lipinski definition) is 4. The molecule has 0 aromatic carbocycles. The van der Waals surface area contributed by atoms with Crippen LogP contribution in [0.15, 0.2) is 6.07 Å². The zero-order chi connectivity index (χ0) is 12.3. The van der Waals surface area contributed by atoms with E-state index < -0.39 is 22.9 Å². The number of pyridine rings is 1. The maximum atomic E-state index is 12.4. The topological polar surface area (TPSA) is 79.8 Å². The molecule has 1 heterocycles. The molecule has 0 atom stereocenters. The summed E-state index contributed by atoms with van der Waals surface area (Å²) in [6.07, 6.45) is -3.05. The molecule has 0 fully saturated rings. The fourth-order valence-electron chi connectivity index (χ4n) is 1.23. The smallest absolute Gasteiger partial charge is 0.358 e. The van der Waals surface area contributed by atoms with E-state index >= 15 is 0 Å². The molecule has 16 heavy (non-hydrogen) atoms. The number of halogens is 2. The fourth-order valence-corrected chi connectivity index (χ4v) is 1.23. The number of nitrogens with zero attached hydrogens (tertiary/aromatic N) is 3. The third-order valence-corrected chi connectivity index (χ3v) is 2.04. The summed E-state index contributed by atoms with van der Waals surface area (Å²) in [5, 5.41) is 19.0. The molecule has 1 aromatic rings. The summed E-state index contributed by atoms with van der Waals surface area (Å²) in [4.78, 5) is 13.0. The van der Waals surface area contributed by atoms with E-state index in [4.69, 9.17) is 5.26 Å². The van der Waals surface area contributed by atoms with E-state index in [1.54, 1.807) is 6.07 Å². The summed E-state index contributed by atoms with van der Waals surface area (Å²) in [5.74, 6) is -0.622. The molecule has 0 spiro atoms. The molecule has 0 aliphatic rings. The Morgan fingerprint density at radius 1 is 1.69 bits per heavy atom. The van der Waals surface area contributed by atoms with Gasteiger partial charge in [-0.25, -0.2) is 8.78 Å². The van der Waals surface area contributed by atoms with Crippen molar-refractivity contribution in [2.75, 3.05) is 0 Å². The highest BCUT2D eigenvalue weighted by Gasteiger charge is 2.23. The van der Waals surface area contributed by atoms with E-state index in [1.165, 1.54) is 6.92 Å². The predicted molar refractivity (Wildman–Crippen MR) is 49.9 cm³/mol. The van der Waals surface area contributed by atoms with Crippen LogP contribution in [0.3, 0.4) is 0 Å². The quantitative estimate of drug-likeness (QED) is 0.586. The molecule has 7 heteroatoms. The molecule has 0 N–H and O–H groups in total. The van der Waals surface area contributed by atoms with Crippen LogP contribution >= 0.6 is 0 Å². The maximum absolute atomic E-state index is 12.4. The minimum Gasteiger partial charge on any atom is -0.358 e. The van der Waals surface area contributed by atoms with Crippen LogP contribution in [0.2, 0.25) is 0 Å². The minimum atomic E-state index is -2.89. The van der Waals surface area contributed by atoms with Gasteiger partial charge in [0.2, 0.25) is 5.69 Å². The van der Waals surface area contributed by atoms with E-state index in [0.717, 1.165) is 6.07 Å². The van der Waals surface area contributed by atoms with Crippen molar-refractivity contribution in [2.45, 2.75) is 19.8 Å². The monoisotopic (exact) mass is 227 g/mol. The molecular weight excluding hydrogens is 220 g/mol. The number of nitriles is 1. The fraction of sp³-hybridized carbons (Fsp3) is 0.333. The van der Waals surface area contributed by atoms with Crippen LogP contribution < -0.4 is 0 Å². The number of rotatable bonds is 3. The number of nitro groups is 1. The number of aromatic nitrogens is 1. The van der Waals surface area contributed by atoms with Crippen molar-refractivity contribution in [3.05, 3.63) is 33.0 Å². The van der Waals surface area contributed by atoms with Crippen molar-refractivity contribution >= 4 is 5.82 Å². The SMILES string of the molecule is Cc1c(CC#N)cc(C(F)F)nc1[N+](=O)[O-]. The minimum absolute atomic E-state index is 0.149. The van der Waals surface area contributed by atoms with Crippen molar-refractivity contribution in [3.63, 3.8) is 0 Å². The second-order valence-electron chi connectivity index (χ2n) is 3.05.